The van der Waals surface area contributed by atoms with Crippen molar-refractivity contribution in [2.24, 2.45) is 0 Å². The lowest BCUT2D eigenvalue weighted by atomic mass is 10.1. The van der Waals surface area contributed by atoms with Crippen molar-refractivity contribution in [3.63, 3.8) is 0 Å². The first-order valence-electron chi connectivity index (χ1n) is 7.26. The second-order valence-electron chi connectivity index (χ2n) is 5.39. The molecule has 3 rings (SSSR count). The lowest BCUT2D eigenvalue weighted by Crippen LogP contribution is -2.41. The second kappa shape index (κ2) is 5.97. The van der Waals surface area contributed by atoms with Crippen molar-refractivity contribution in [2.45, 2.75) is 25.4 Å². The molecule has 2 aromatic rings. The number of benzene rings is 1. The van der Waals surface area contributed by atoms with Crippen LogP contribution in [-0.2, 0) is 4.79 Å². The molecule has 112 valence electrons. The molecule has 5 nitrogen and oxygen atoms in total. The molecule has 1 fully saturated rings. The average molecular weight is 295 g/mol. The van der Waals surface area contributed by atoms with Crippen LogP contribution in [0.15, 0.2) is 54.9 Å². The predicted octanol–water partition coefficient (Wildman–Crippen LogP) is 2.01. The topological polar surface area (TPSA) is 62.3 Å². The molecule has 1 aliphatic rings. The Morgan fingerprint density at radius 2 is 1.86 bits per heavy atom. The standard InChI is InChI=1S/C17H17N3O2/c1-12-11-15(19-16(21)13-7-9-18-10-8-13)17(22)20(12)14-5-3-2-4-6-14/h2-10,12,15H,11H2,1H3,(H,19,21)/t12-,15+/m0/s1. The summed E-state index contributed by atoms with van der Waals surface area (Å²) >= 11 is 0. The van der Waals surface area contributed by atoms with E-state index in [-0.39, 0.29) is 17.9 Å². The first-order valence-corrected chi connectivity index (χ1v) is 7.26. The largest absolute Gasteiger partial charge is 0.340 e. The van der Waals surface area contributed by atoms with E-state index < -0.39 is 6.04 Å². The third-order valence-corrected chi connectivity index (χ3v) is 3.84. The Morgan fingerprint density at radius 1 is 1.18 bits per heavy atom. The third kappa shape index (κ3) is 2.70. The Labute approximate surface area is 129 Å². The Balaban J connectivity index is 1.74. The van der Waals surface area contributed by atoms with Crippen LogP contribution in [0.25, 0.3) is 0 Å². The highest BCUT2D eigenvalue weighted by Gasteiger charge is 2.38. The number of pyridine rings is 1. The van der Waals surface area contributed by atoms with E-state index in [1.165, 1.54) is 0 Å². The summed E-state index contributed by atoms with van der Waals surface area (Å²) in [4.78, 5) is 30.4. The zero-order valence-corrected chi connectivity index (χ0v) is 12.3. The van der Waals surface area contributed by atoms with Crippen LogP contribution in [0.3, 0.4) is 0 Å². The Morgan fingerprint density at radius 3 is 2.55 bits per heavy atom. The fourth-order valence-electron chi connectivity index (χ4n) is 2.77. The van der Waals surface area contributed by atoms with Gasteiger partial charge in [-0.1, -0.05) is 18.2 Å². The number of nitrogens with zero attached hydrogens (tertiary/aromatic N) is 2. The van der Waals surface area contributed by atoms with Gasteiger partial charge < -0.3 is 10.2 Å². The minimum atomic E-state index is -0.490. The van der Waals surface area contributed by atoms with Gasteiger partial charge in [0.1, 0.15) is 6.04 Å². The number of rotatable bonds is 3. The number of para-hydroxylation sites is 1. The Kier molecular flexibility index (Phi) is 3.87. The number of amides is 2. The van der Waals surface area contributed by atoms with Crippen LogP contribution in [0.4, 0.5) is 5.69 Å². The van der Waals surface area contributed by atoms with Gasteiger partial charge in [-0.2, -0.15) is 0 Å². The zero-order chi connectivity index (χ0) is 15.5. The number of aromatic nitrogens is 1. The van der Waals surface area contributed by atoms with Gasteiger partial charge in [0.25, 0.3) is 5.91 Å². The van der Waals surface area contributed by atoms with E-state index in [1.54, 1.807) is 29.4 Å². The summed E-state index contributed by atoms with van der Waals surface area (Å²) in [6, 6.07) is 12.4. The average Bonchev–Trinajstić information content (AvgIpc) is 2.83. The van der Waals surface area contributed by atoms with Crippen LogP contribution in [0, 0.1) is 0 Å². The van der Waals surface area contributed by atoms with Crippen molar-refractivity contribution < 1.29 is 9.59 Å². The molecule has 0 aliphatic carbocycles. The van der Waals surface area contributed by atoms with E-state index >= 15 is 0 Å². The van der Waals surface area contributed by atoms with Crippen LogP contribution in [0.2, 0.25) is 0 Å². The zero-order valence-electron chi connectivity index (χ0n) is 12.3. The SMILES string of the molecule is C[C@H]1C[C@@H](NC(=O)c2ccncc2)C(=O)N1c1ccccc1. The number of hydrogen-bond acceptors (Lipinski definition) is 3. The van der Waals surface area contributed by atoms with Gasteiger partial charge in [0, 0.05) is 29.7 Å². The van der Waals surface area contributed by atoms with E-state index in [1.807, 2.05) is 37.3 Å². The fourth-order valence-corrected chi connectivity index (χ4v) is 2.77. The quantitative estimate of drug-likeness (QED) is 0.942. The number of hydrogen-bond donors (Lipinski definition) is 1. The van der Waals surface area contributed by atoms with Crippen LogP contribution < -0.4 is 10.2 Å². The lowest BCUT2D eigenvalue weighted by Gasteiger charge is -2.21. The summed E-state index contributed by atoms with van der Waals surface area (Å²) in [6.45, 7) is 1.99. The first-order chi connectivity index (χ1) is 10.7. The smallest absolute Gasteiger partial charge is 0.252 e. The van der Waals surface area contributed by atoms with Gasteiger partial charge in [0.2, 0.25) is 5.91 Å². The van der Waals surface area contributed by atoms with Gasteiger partial charge in [0.05, 0.1) is 0 Å². The van der Waals surface area contributed by atoms with Gasteiger partial charge in [-0.25, -0.2) is 0 Å². The first kappa shape index (κ1) is 14.3. The van der Waals surface area contributed by atoms with Crippen LogP contribution in [0.1, 0.15) is 23.7 Å². The molecule has 0 radical (unpaired) electrons. The molecule has 2 atom stereocenters. The summed E-state index contributed by atoms with van der Waals surface area (Å²) in [5.74, 6) is -0.316. The molecular weight excluding hydrogens is 278 g/mol. The maximum atomic E-state index is 12.6. The molecular formula is C17H17N3O2. The molecule has 1 saturated heterocycles. The van der Waals surface area contributed by atoms with E-state index in [2.05, 4.69) is 10.3 Å². The van der Waals surface area contributed by atoms with Crippen molar-refractivity contribution in [1.29, 1.82) is 0 Å². The van der Waals surface area contributed by atoms with Crippen molar-refractivity contribution in [2.75, 3.05) is 4.90 Å². The molecule has 0 saturated carbocycles. The number of carbonyl (C=O) groups is 2. The summed E-state index contributed by atoms with van der Waals surface area (Å²) in [5.41, 5.74) is 1.37. The molecule has 1 aliphatic heterocycles. The van der Waals surface area contributed by atoms with Gasteiger partial charge in [-0.05, 0) is 37.6 Å². The molecule has 2 heterocycles. The lowest BCUT2D eigenvalue weighted by molar-refractivity contribution is -0.118. The highest BCUT2D eigenvalue weighted by molar-refractivity contribution is 6.04. The molecule has 0 unspecified atom stereocenters. The highest BCUT2D eigenvalue weighted by atomic mass is 16.2. The Hall–Kier alpha value is -2.69. The third-order valence-electron chi connectivity index (χ3n) is 3.84. The van der Waals surface area contributed by atoms with E-state index in [9.17, 15) is 9.59 Å². The fraction of sp³-hybridized carbons (Fsp3) is 0.235. The number of anilines is 1. The number of nitrogens with one attached hydrogen (secondary N) is 1. The molecule has 1 aromatic carbocycles. The maximum Gasteiger partial charge on any atom is 0.252 e. The van der Waals surface area contributed by atoms with Crippen LogP contribution in [-0.4, -0.2) is 28.9 Å². The maximum absolute atomic E-state index is 12.6. The van der Waals surface area contributed by atoms with E-state index in [0.717, 1.165) is 5.69 Å². The summed E-state index contributed by atoms with van der Waals surface area (Å²) in [5, 5.41) is 2.82. The van der Waals surface area contributed by atoms with Gasteiger partial charge >= 0.3 is 0 Å². The molecule has 1 aromatic heterocycles. The van der Waals surface area contributed by atoms with Crippen molar-refractivity contribution >= 4 is 17.5 Å². The monoisotopic (exact) mass is 295 g/mol. The summed E-state index contributed by atoms with van der Waals surface area (Å²) < 4.78 is 0. The van der Waals surface area contributed by atoms with E-state index in [4.69, 9.17) is 0 Å². The summed E-state index contributed by atoms with van der Waals surface area (Å²) in [7, 11) is 0. The minimum absolute atomic E-state index is 0.0534. The molecule has 22 heavy (non-hydrogen) atoms. The summed E-state index contributed by atoms with van der Waals surface area (Å²) in [6.07, 6.45) is 3.72. The highest BCUT2D eigenvalue weighted by Crippen LogP contribution is 2.26. The molecule has 0 spiro atoms. The van der Waals surface area contributed by atoms with Gasteiger partial charge in [0.15, 0.2) is 0 Å². The predicted molar refractivity (Wildman–Crippen MR) is 83.5 cm³/mol. The van der Waals surface area contributed by atoms with Gasteiger partial charge in [-0.3, -0.25) is 14.6 Å². The van der Waals surface area contributed by atoms with Crippen LogP contribution in [0.5, 0.6) is 0 Å². The number of carbonyl (C=O) groups excluding carboxylic acids is 2. The van der Waals surface area contributed by atoms with Crippen molar-refractivity contribution in [3.05, 3.63) is 60.4 Å². The minimum Gasteiger partial charge on any atom is -0.340 e. The van der Waals surface area contributed by atoms with Crippen LogP contribution >= 0.6 is 0 Å². The van der Waals surface area contributed by atoms with Gasteiger partial charge in [-0.15, -0.1) is 0 Å². The Bertz CT molecular complexity index is 673. The molecule has 2 amide bonds. The normalized spacial score (nSPS) is 21.0. The second-order valence-corrected chi connectivity index (χ2v) is 5.39. The van der Waals surface area contributed by atoms with Crippen molar-refractivity contribution in [1.82, 2.24) is 10.3 Å². The molecule has 1 N–H and O–H groups in total. The van der Waals surface area contributed by atoms with Crippen molar-refractivity contribution in [3.8, 4) is 0 Å². The van der Waals surface area contributed by atoms with E-state index in [0.29, 0.717) is 12.0 Å². The molecule has 0 bridgehead atoms. The molecule has 5 heteroatoms.